The molecule has 0 aromatic rings. The molecule has 0 bridgehead atoms. The van der Waals surface area contributed by atoms with Crippen molar-refractivity contribution in [2.75, 3.05) is 0 Å². The molecule has 2 nitrogen and oxygen atoms in total. The number of hydrogen-bond acceptors (Lipinski definition) is 2. The van der Waals surface area contributed by atoms with Gasteiger partial charge in [-0.15, -0.1) is 0 Å². The van der Waals surface area contributed by atoms with Crippen LogP contribution in [-0.4, -0.2) is 5.97 Å². The Bertz CT molecular complexity index is 207. The van der Waals surface area contributed by atoms with E-state index in [2.05, 4.69) is 6.92 Å². The monoisotopic (exact) mass is 346 g/mol. The molecular formula is C18H35CuO2+. The van der Waals surface area contributed by atoms with Gasteiger partial charge < -0.3 is 9.90 Å². The Hall–Kier alpha value is -0.0105. The molecule has 0 aliphatic carbocycles. The van der Waals surface area contributed by atoms with Crippen LogP contribution >= 0.6 is 0 Å². The Morgan fingerprint density at radius 2 is 0.905 bits per heavy atom. The average Bonchev–Trinajstić information content (AvgIpc) is 2.43. The summed E-state index contributed by atoms with van der Waals surface area (Å²) in [4.78, 5) is 10.2. The summed E-state index contributed by atoms with van der Waals surface area (Å²) in [5.41, 5.74) is 0. The fourth-order valence-electron chi connectivity index (χ4n) is 2.64. The molecule has 0 saturated carbocycles. The predicted octanol–water partition coefficient (Wildman–Crippen LogP) is 5.00. The van der Waals surface area contributed by atoms with Crippen LogP contribution in [0.4, 0.5) is 0 Å². The molecule has 0 fully saturated rings. The summed E-state index contributed by atoms with van der Waals surface area (Å²) in [6.07, 6.45) is 19.9. The molecule has 0 aromatic carbocycles. The number of carboxylic acids is 1. The number of unbranched alkanes of at least 4 members (excludes halogenated alkanes) is 14. The zero-order valence-electron chi connectivity index (χ0n) is 13.9. The summed E-state index contributed by atoms with van der Waals surface area (Å²) in [6, 6.07) is 0. The number of aliphatic carboxylic acids is 1. The van der Waals surface area contributed by atoms with E-state index in [1.54, 1.807) is 0 Å². The minimum absolute atomic E-state index is 0. The number of carboxylic acid groups (broad SMARTS) is 1. The molecule has 0 rings (SSSR count). The third kappa shape index (κ3) is 22.4. The second-order valence-corrected chi connectivity index (χ2v) is 6.07. The molecule has 1 radical (unpaired) electrons. The fraction of sp³-hybridized carbons (Fsp3) is 0.944. The summed E-state index contributed by atoms with van der Waals surface area (Å²) in [7, 11) is 0. The molecule has 0 heterocycles. The second kappa shape index (κ2) is 20.0. The van der Waals surface area contributed by atoms with Crippen molar-refractivity contribution in [3.05, 3.63) is 0 Å². The van der Waals surface area contributed by atoms with Crippen molar-refractivity contribution in [1.82, 2.24) is 0 Å². The average molecular weight is 347 g/mol. The molecule has 129 valence electrons. The Morgan fingerprint density at radius 1 is 0.619 bits per heavy atom. The first-order valence-electron chi connectivity index (χ1n) is 8.97. The topological polar surface area (TPSA) is 40.1 Å². The molecule has 0 spiro atoms. The maximum Gasteiger partial charge on any atom is 2.00 e. The summed E-state index contributed by atoms with van der Waals surface area (Å²) in [5, 5.41) is 10.2. The van der Waals surface area contributed by atoms with Crippen molar-refractivity contribution >= 4 is 5.97 Å². The van der Waals surface area contributed by atoms with E-state index >= 15 is 0 Å². The van der Waals surface area contributed by atoms with E-state index in [-0.39, 0.29) is 23.5 Å². The van der Waals surface area contributed by atoms with E-state index in [0.29, 0.717) is 0 Å². The molecule has 0 aliphatic heterocycles. The van der Waals surface area contributed by atoms with Gasteiger partial charge in [0, 0.05) is 5.97 Å². The van der Waals surface area contributed by atoms with Crippen LogP contribution in [0.25, 0.3) is 0 Å². The Labute approximate surface area is 142 Å². The first-order chi connectivity index (χ1) is 9.77. The standard InChI is InChI=1S/C18H36O2.Cu/c1-2-3-4-5-6-7-8-9-10-11-12-13-14-15-16-17-18(19)20;/h2-17H2,1H3,(H,19,20);/q;+2/p-1. The van der Waals surface area contributed by atoms with Gasteiger partial charge in [0.05, 0.1) is 0 Å². The number of carbonyl (C=O) groups excluding carboxylic acids is 1. The van der Waals surface area contributed by atoms with E-state index in [1.165, 1.54) is 83.5 Å². The summed E-state index contributed by atoms with van der Waals surface area (Å²) < 4.78 is 0. The maximum atomic E-state index is 10.2. The van der Waals surface area contributed by atoms with Crippen LogP contribution in [0.5, 0.6) is 0 Å². The first kappa shape index (κ1) is 23.3. The zero-order chi connectivity index (χ0) is 14.9. The quantitative estimate of drug-likeness (QED) is 0.291. The number of rotatable bonds is 16. The van der Waals surface area contributed by atoms with Crippen LogP contribution < -0.4 is 5.11 Å². The Balaban J connectivity index is 0. The normalized spacial score (nSPS) is 10.3. The Kier molecular flexibility index (Phi) is 22.1. The largest absolute Gasteiger partial charge is 2.00 e. The molecule has 3 heteroatoms. The van der Waals surface area contributed by atoms with E-state index in [0.717, 1.165) is 12.8 Å². The second-order valence-electron chi connectivity index (χ2n) is 6.07. The Morgan fingerprint density at radius 3 is 1.19 bits per heavy atom. The van der Waals surface area contributed by atoms with Crippen LogP contribution in [0.3, 0.4) is 0 Å². The zero-order valence-corrected chi connectivity index (χ0v) is 14.9. The number of hydrogen-bond donors (Lipinski definition) is 0. The molecule has 21 heavy (non-hydrogen) atoms. The van der Waals surface area contributed by atoms with Crippen LogP contribution in [0.1, 0.15) is 110 Å². The molecule has 0 amide bonds. The van der Waals surface area contributed by atoms with E-state index in [9.17, 15) is 9.90 Å². The van der Waals surface area contributed by atoms with Gasteiger partial charge in [-0.3, -0.25) is 0 Å². The molecule has 0 aromatic heterocycles. The smallest absolute Gasteiger partial charge is 0.550 e. The molecule has 0 atom stereocenters. The van der Waals surface area contributed by atoms with Crippen LogP contribution in [0.15, 0.2) is 0 Å². The molecule has 0 unspecified atom stereocenters. The maximum absolute atomic E-state index is 10.2. The van der Waals surface area contributed by atoms with Gasteiger partial charge in [0.2, 0.25) is 0 Å². The van der Waals surface area contributed by atoms with Gasteiger partial charge in [0.1, 0.15) is 0 Å². The van der Waals surface area contributed by atoms with E-state index in [4.69, 9.17) is 0 Å². The fourth-order valence-corrected chi connectivity index (χ4v) is 2.64. The van der Waals surface area contributed by atoms with E-state index < -0.39 is 5.97 Å². The summed E-state index contributed by atoms with van der Waals surface area (Å²) >= 11 is 0. The van der Waals surface area contributed by atoms with Gasteiger partial charge in [-0.2, -0.15) is 0 Å². The van der Waals surface area contributed by atoms with Crippen molar-refractivity contribution in [2.24, 2.45) is 0 Å². The minimum Gasteiger partial charge on any atom is -0.550 e. The van der Waals surface area contributed by atoms with Gasteiger partial charge in [-0.1, -0.05) is 96.8 Å². The summed E-state index contributed by atoms with van der Waals surface area (Å²) in [6.45, 7) is 2.27. The molecule has 0 saturated heterocycles. The van der Waals surface area contributed by atoms with Gasteiger partial charge in [-0.25, -0.2) is 0 Å². The minimum atomic E-state index is -0.903. The third-order valence-corrected chi connectivity index (χ3v) is 3.98. The van der Waals surface area contributed by atoms with Gasteiger partial charge in [0.25, 0.3) is 0 Å². The first-order valence-corrected chi connectivity index (χ1v) is 8.97. The van der Waals surface area contributed by atoms with Crippen molar-refractivity contribution in [3.63, 3.8) is 0 Å². The van der Waals surface area contributed by atoms with Gasteiger partial charge >= 0.3 is 17.1 Å². The van der Waals surface area contributed by atoms with Crippen molar-refractivity contribution in [3.8, 4) is 0 Å². The SMILES string of the molecule is CCCCCCCCCCCCCCCCCC(=O)[O-].[Cu+2]. The molecule has 0 N–H and O–H groups in total. The van der Waals surface area contributed by atoms with Crippen molar-refractivity contribution < 1.29 is 27.0 Å². The van der Waals surface area contributed by atoms with Gasteiger partial charge in [0.15, 0.2) is 0 Å². The molecular weight excluding hydrogens is 312 g/mol. The van der Waals surface area contributed by atoms with Crippen LogP contribution in [0.2, 0.25) is 0 Å². The molecule has 0 aliphatic rings. The summed E-state index contributed by atoms with van der Waals surface area (Å²) in [5.74, 6) is -0.903. The number of carbonyl (C=O) groups is 1. The van der Waals surface area contributed by atoms with Crippen LogP contribution in [0, 0.1) is 0 Å². The third-order valence-electron chi connectivity index (χ3n) is 3.98. The predicted molar refractivity (Wildman–Crippen MR) is 84.6 cm³/mol. The van der Waals surface area contributed by atoms with Crippen LogP contribution in [-0.2, 0) is 21.9 Å². The van der Waals surface area contributed by atoms with Gasteiger partial charge in [-0.05, 0) is 12.8 Å². The van der Waals surface area contributed by atoms with E-state index in [1.807, 2.05) is 0 Å². The van der Waals surface area contributed by atoms with Crippen molar-refractivity contribution in [1.29, 1.82) is 0 Å². The van der Waals surface area contributed by atoms with Crippen molar-refractivity contribution in [2.45, 2.75) is 110 Å².